The van der Waals surface area contributed by atoms with E-state index in [2.05, 4.69) is 0 Å². The molecule has 0 aliphatic carbocycles. The van der Waals surface area contributed by atoms with Crippen molar-refractivity contribution in [2.24, 2.45) is 0 Å². The van der Waals surface area contributed by atoms with Gasteiger partial charge in [0.25, 0.3) is 0 Å². The third kappa shape index (κ3) is 3.51. The smallest absolute Gasteiger partial charge is 0.181 e. The predicted molar refractivity (Wildman–Crippen MR) is 79.6 cm³/mol. The normalized spacial score (nSPS) is 11.2. The van der Waals surface area contributed by atoms with Crippen molar-refractivity contribution in [2.75, 3.05) is 18.1 Å². The first-order valence-corrected chi connectivity index (χ1v) is 7.91. The van der Waals surface area contributed by atoms with E-state index in [0.717, 1.165) is 5.56 Å². The SMILES string of the molecule is Cc1ccccc1S(=O)(=O)CCOc1cccc(N)c1. The molecule has 0 radical (unpaired) electrons. The van der Waals surface area contributed by atoms with Crippen LogP contribution in [0.5, 0.6) is 5.75 Å². The Morgan fingerprint density at radius 3 is 2.55 bits per heavy atom. The second-order valence-corrected chi connectivity index (χ2v) is 6.58. The molecule has 0 saturated carbocycles. The van der Waals surface area contributed by atoms with Crippen molar-refractivity contribution in [3.63, 3.8) is 0 Å². The van der Waals surface area contributed by atoms with Gasteiger partial charge in [-0.2, -0.15) is 0 Å². The van der Waals surface area contributed by atoms with Gasteiger partial charge < -0.3 is 10.5 Å². The van der Waals surface area contributed by atoms with Gasteiger partial charge in [0, 0.05) is 11.8 Å². The standard InChI is InChI=1S/C15H17NO3S/c1-12-5-2-3-8-15(12)20(17,18)10-9-19-14-7-4-6-13(16)11-14/h2-8,11H,9-10,16H2,1H3. The number of benzene rings is 2. The summed E-state index contributed by atoms with van der Waals surface area (Å²) in [4.78, 5) is 0.358. The molecule has 0 fully saturated rings. The minimum Gasteiger partial charge on any atom is -0.492 e. The lowest BCUT2D eigenvalue weighted by atomic mass is 10.2. The molecular weight excluding hydrogens is 274 g/mol. The van der Waals surface area contributed by atoms with Crippen LogP contribution in [0.25, 0.3) is 0 Å². The molecule has 2 aromatic rings. The van der Waals surface area contributed by atoms with Gasteiger partial charge in [0.1, 0.15) is 12.4 Å². The van der Waals surface area contributed by atoms with Gasteiger partial charge in [0.2, 0.25) is 0 Å². The highest BCUT2D eigenvalue weighted by molar-refractivity contribution is 7.91. The Labute approximate surface area is 119 Å². The molecule has 20 heavy (non-hydrogen) atoms. The van der Waals surface area contributed by atoms with Gasteiger partial charge >= 0.3 is 0 Å². The monoisotopic (exact) mass is 291 g/mol. The summed E-state index contributed by atoms with van der Waals surface area (Å²) in [5.41, 5.74) is 6.96. The minimum absolute atomic E-state index is 0.0628. The topological polar surface area (TPSA) is 69.4 Å². The van der Waals surface area contributed by atoms with E-state index < -0.39 is 9.84 Å². The van der Waals surface area contributed by atoms with Gasteiger partial charge in [0.15, 0.2) is 9.84 Å². The summed E-state index contributed by atoms with van der Waals surface area (Å²) in [6.45, 7) is 1.88. The number of hydrogen-bond acceptors (Lipinski definition) is 4. The Balaban J connectivity index is 2.02. The van der Waals surface area contributed by atoms with E-state index in [4.69, 9.17) is 10.5 Å². The lowest BCUT2D eigenvalue weighted by molar-refractivity contribution is 0.341. The predicted octanol–water partition coefficient (Wildman–Crippen LogP) is 2.43. The quantitative estimate of drug-likeness (QED) is 0.859. The molecule has 0 amide bonds. The molecule has 0 saturated heterocycles. The molecule has 0 aliphatic rings. The molecule has 0 spiro atoms. The summed E-state index contributed by atoms with van der Waals surface area (Å²) >= 11 is 0. The number of anilines is 1. The second kappa shape index (κ2) is 5.96. The maximum atomic E-state index is 12.2. The van der Waals surface area contributed by atoms with Crippen LogP contribution in [0, 0.1) is 6.92 Å². The number of aryl methyl sites for hydroxylation is 1. The van der Waals surface area contributed by atoms with Crippen LogP contribution in [-0.2, 0) is 9.84 Å². The third-order valence-electron chi connectivity index (χ3n) is 2.91. The lowest BCUT2D eigenvalue weighted by Gasteiger charge is -2.09. The summed E-state index contributed by atoms with van der Waals surface area (Å²) in [5, 5.41) is 0. The molecule has 2 rings (SSSR count). The maximum absolute atomic E-state index is 12.2. The number of nitrogen functional groups attached to an aromatic ring is 1. The van der Waals surface area contributed by atoms with Gasteiger partial charge in [-0.1, -0.05) is 24.3 Å². The highest BCUT2D eigenvalue weighted by Gasteiger charge is 2.16. The highest BCUT2D eigenvalue weighted by atomic mass is 32.2. The van der Waals surface area contributed by atoms with Crippen LogP contribution in [0.1, 0.15) is 5.56 Å². The summed E-state index contributed by atoms with van der Waals surface area (Å²) < 4.78 is 29.8. The summed E-state index contributed by atoms with van der Waals surface area (Å²) in [6.07, 6.45) is 0. The fraction of sp³-hybridized carbons (Fsp3) is 0.200. The zero-order chi connectivity index (χ0) is 14.6. The van der Waals surface area contributed by atoms with Gasteiger partial charge in [-0.05, 0) is 30.7 Å². The molecule has 0 aromatic heterocycles. The van der Waals surface area contributed by atoms with E-state index in [9.17, 15) is 8.42 Å². The Hall–Kier alpha value is -2.01. The van der Waals surface area contributed by atoms with Crippen LogP contribution in [0.2, 0.25) is 0 Å². The molecule has 0 heterocycles. The van der Waals surface area contributed by atoms with E-state index in [1.807, 2.05) is 6.07 Å². The zero-order valence-electron chi connectivity index (χ0n) is 11.2. The number of sulfone groups is 1. The van der Waals surface area contributed by atoms with Crippen LogP contribution < -0.4 is 10.5 Å². The molecule has 0 bridgehead atoms. The molecule has 2 N–H and O–H groups in total. The second-order valence-electron chi connectivity index (χ2n) is 4.51. The van der Waals surface area contributed by atoms with E-state index in [1.54, 1.807) is 49.4 Å². The van der Waals surface area contributed by atoms with Gasteiger partial charge in [0.05, 0.1) is 10.6 Å². The van der Waals surface area contributed by atoms with Crippen molar-refractivity contribution in [2.45, 2.75) is 11.8 Å². The van der Waals surface area contributed by atoms with Crippen LogP contribution >= 0.6 is 0 Å². The van der Waals surface area contributed by atoms with Crippen LogP contribution in [0.15, 0.2) is 53.4 Å². The number of rotatable bonds is 5. The number of hydrogen-bond donors (Lipinski definition) is 1. The molecule has 5 heteroatoms. The molecule has 106 valence electrons. The van der Waals surface area contributed by atoms with E-state index in [1.165, 1.54) is 0 Å². The van der Waals surface area contributed by atoms with Gasteiger partial charge in [-0.3, -0.25) is 0 Å². The first kappa shape index (κ1) is 14.4. The molecule has 0 atom stereocenters. The van der Waals surface area contributed by atoms with Gasteiger partial charge in [-0.25, -0.2) is 8.42 Å². The molecule has 2 aromatic carbocycles. The average Bonchev–Trinajstić information content (AvgIpc) is 2.39. The average molecular weight is 291 g/mol. The van der Waals surface area contributed by atoms with Crippen molar-refractivity contribution < 1.29 is 13.2 Å². The fourth-order valence-electron chi connectivity index (χ4n) is 1.89. The van der Waals surface area contributed by atoms with Gasteiger partial charge in [-0.15, -0.1) is 0 Å². The van der Waals surface area contributed by atoms with Crippen molar-refractivity contribution in [3.8, 4) is 5.75 Å². The van der Waals surface area contributed by atoms with E-state index >= 15 is 0 Å². The number of nitrogens with two attached hydrogens (primary N) is 1. The Morgan fingerprint density at radius 2 is 1.85 bits per heavy atom. The number of ether oxygens (including phenoxy) is 1. The maximum Gasteiger partial charge on any atom is 0.181 e. The summed E-state index contributed by atoms with van der Waals surface area (Å²) in [5.74, 6) is 0.511. The Bertz CT molecular complexity index is 696. The first-order chi connectivity index (χ1) is 9.49. The summed E-state index contributed by atoms with van der Waals surface area (Å²) in [7, 11) is -3.33. The zero-order valence-corrected chi connectivity index (χ0v) is 12.1. The highest BCUT2D eigenvalue weighted by Crippen LogP contribution is 2.17. The van der Waals surface area contributed by atoms with Crippen LogP contribution in [0.4, 0.5) is 5.69 Å². The fourth-order valence-corrected chi connectivity index (χ4v) is 3.26. The molecular formula is C15H17NO3S. The van der Waals surface area contributed by atoms with Crippen molar-refractivity contribution in [1.29, 1.82) is 0 Å². The molecule has 4 nitrogen and oxygen atoms in total. The largest absolute Gasteiger partial charge is 0.492 e. The third-order valence-corrected chi connectivity index (χ3v) is 4.74. The first-order valence-electron chi connectivity index (χ1n) is 6.26. The van der Waals surface area contributed by atoms with E-state index in [0.29, 0.717) is 16.3 Å². The Kier molecular flexibility index (Phi) is 4.29. The van der Waals surface area contributed by atoms with Crippen molar-refractivity contribution in [3.05, 3.63) is 54.1 Å². The molecule has 0 unspecified atom stereocenters. The molecule has 0 aliphatic heterocycles. The van der Waals surface area contributed by atoms with Crippen molar-refractivity contribution >= 4 is 15.5 Å². The van der Waals surface area contributed by atoms with Crippen LogP contribution in [-0.4, -0.2) is 20.8 Å². The lowest BCUT2D eigenvalue weighted by Crippen LogP contribution is -2.15. The minimum atomic E-state index is -3.33. The van der Waals surface area contributed by atoms with Crippen molar-refractivity contribution in [1.82, 2.24) is 0 Å². The summed E-state index contributed by atoms with van der Waals surface area (Å²) in [6, 6.07) is 13.9. The van der Waals surface area contributed by atoms with E-state index in [-0.39, 0.29) is 12.4 Å². The van der Waals surface area contributed by atoms with Crippen LogP contribution in [0.3, 0.4) is 0 Å². The Morgan fingerprint density at radius 1 is 1.10 bits per heavy atom.